The lowest BCUT2D eigenvalue weighted by Crippen LogP contribution is -2.38. The summed E-state index contributed by atoms with van der Waals surface area (Å²) < 4.78 is 22.6. The molecule has 4 rings (SSSR count). The fraction of sp³-hybridized carbons (Fsp3) is 0.250. The van der Waals surface area contributed by atoms with E-state index in [9.17, 15) is 9.65 Å². The molecule has 1 fully saturated rings. The van der Waals surface area contributed by atoms with Crippen LogP contribution in [0.15, 0.2) is 48.0 Å². The van der Waals surface area contributed by atoms with Gasteiger partial charge >= 0.3 is 0 Å². The second-order valence-corrected chi connectivity index (χ2v) is 6.72. The van der Waals surface area contributed by atoms with Crippen molar-refractivity contribution >= 4 is 24.1 Å². The molecule has 1 heterocycles. The van der Waals surface area contributed by atoms with Crippen molar-refractivity contribution in [2.45, 2.75) is 31.3 Å². The van der Waals surface area contributed by atoms with E-state index >= 15 is 0 Å². The van der Waals surface area contributed by atoms with E-state index in [0.717, 1.165) is 53.8 Å². The van der Waals surface area contributed by atoms with Crippen LogP contribution in [0.4, 0.5) is 10.1 Å². The highest BCUT2D eigenvalue weighted by atomic mass is 32.1. The van der Waals surface area contributed by atoms with Gasteiger partial charge in [0, 0.05) is 22.9 Å². The first-order valence-electron chi connectivity index (χ1n) is 8.31. The number of halogens is 1. The van der Waals surface area contributed by atoms with Gasteiger partial charge in [-0.3, -0.25) is 0 Å². The molecular formula is C20H17FN2OS. The van der Waals surface area contributed by atoms with Crippen molar-refractivity contribution in [3.05, 3.63) is 65.0 Å². The van der Waals surface area contributed by atoms with E-state index in [2.05, 4.69) is 23.6 Å². The van der Waals surface area contributed by atoms with Crippen LogP contribution in [-0.4, -0.2) is 5.60 Å². The van der Waals surface area contributed by atoms with Gasteiger partial charge in [-0.1, -0.05) is 24.9 Å². The maximum atomic E-state index is 13.4. The van der Waals surface area contributed by atoms with Crippen LogP contribution in [-0.2, 0) is 0 Å². The molecule has 3 nitrogen and oxygen atoms in total. The second kappa shape index (κ2) is 6.12. The molecule has 0 amide bonds. The Morgan fingerprint density at radius 3 is 2.48 bits per heavy atom. The van der Waals surface area contributed by atoms with Gasteiger partial charge in [-0.2, -0.15) is 5.26 Å². The number of anilines is 1. The topological polar surface area (TPSA) is 45.0 Å². The Balaban J connectivity index is 1.99. The van der Waals surface area contributed by atoms with Crippen LogP contribution in [0.2, 0.25) is 0 Å². The molecule has 0 unspecified atom stereocenters. The Bertz CT molecular complexity index is 893. The number of ether oxygens (including phenoxy) is 1. The smallest absolute Gasteiger partial charge is 0.144 e. The van der Waals surface area contributed by atoms with Gasteiger partial charge in [0.1, 0.15) is 17.2 Å². The van der Waals surface area contributed by atoms with E-state index in [0.29, 0.717) is 5.57 Å². The van der Waals surface area contributed by atoms with Crippen molar-refractivity contribution in [1.29, 1.82) is 5.26 Å². The molecule has 0 saturated heterocycles. The Hall–Kier alpha value is -2.45. The SMILES string of the molecule is N#CC1=C(c2ccc(F)cc2)c2ccc(NS)cc2OC12CCCC2. The average molecular weight is 352 g/mol. The van der Waals surface area contributed by atoms with Crippen molar-refractivity contribution in [2.75, 3.05) is 4.72 Å². The molecule has 25 heavy (non-hydrogen) atoms. The summed E-state index contributed by atoms with van der Waals surface area (Å²) in [6, 6.07) is 14.4. The molecule has 5 heteroatoms. The van der Waals surface area contributed by atoms with Crippen molar-refractivity contribution in [3.63, 3.8) is 0 Å². The van der Waals surface area contributed by atoms with Crippen LogP contribution in [0, 0.1) is 17.1 Å². The fourth-order valence-corrected chi connectivity index (χ4v) is 4.02. The Labute approximate surface area is 151 Å². The minimum atomic E-state index is -0.583. The van der Waals surface area contributed by atoms with Gasteiger partial charge in [-0.05, 0) is 55.5 Å². The van der Waals surface area contributed by atoms with Crippen molar-refractivity contribution in [1.82, 2.24) is 0 Å². The summed E-state index contributed by atoms with van der Waals surface area (Å²) in [6.07, 6.45) is 3.69. The highest BCUT2D eigenvalue weighted by Gasteiger charge is 2.45. The highest BCUT2D eigenvalue weighted by Crippen LogP contribution is 2.50. The summed E-state index contributed by atoms with van der Waals surface area (Å²) in [7, 11) is 0. The van der Waals surface area contributed by atoms with Crippen molar-refractivity contribution in [3.8, 4) is 11.8 Å². The zero-order valence-electron chi connectivity index (χ0n) is 13.6. The van der Waals surface area contributed by atoms with Crippen LogP contribution in [0.25, 0.3) is 5.57 Å². The maximum absolute atomic E-state index is 13.4. The summed E-state index contributed by atoms with van der Waals surface area (Å²) in [4.78, 5) is 0. The molecular weight excluding hydrogens is 335 g/mol. The Morgan fingerprint density at radius 1 is 1.12 bits per heavy atom. The van der Waals surface area contributed by atoms with Crippen LogP contribution in [0.1, 0.15) is 36.8 Å². The number of nitrogens with zero attached hydrogens (tertiary/aromatic N) is 1. The average Bonchev–Trinajstić information content (AvgIpc) is 3.09. The fourth-order valence-electron chi connectivity index (χ4n) is 3.88. The number of nitrogens with one attached hydrogen (secondary N) is 1. The molecule has 0 aromatic heterocycles. The first-order valence-corrected chi connectivity index (χ1v) is 8.76. The zero-order valence-corrected chi connectivity index (χ0v) is 14.4. The number of benzene rings is 2. The maximum Gasteiger partial charge on any atom is 0.144 e. The molecule has 2 aromatic rings. The Morgan fingerprint density at radius 2 is 1.84 bits per heavy atom. The van der Waals surface area contributed by atoms with E-state index in [1.165, 1.54) is 12.1 Å². The molecule has 2 aromatic carbocycles. The van der Waals surface area contributed by atoms with Crippen LogP contribution < -0.4 is 9.46 Å². The molecule has 126 valence electrons. The predicted molar refractivity (Wildman–Crippen MR) is 98.9 cm³/mol. The number of fused-ring (bicyclic) bond motifs is 1. The van der Waals surface area contributed by atoms with Gasteiger partial charge in [0.05, 0.1) is 11.6 Å². The molecule has 1 aliphatic carbocycles. The number of hydrogen-bond acceptors (Lipinski definition) is 4. The van der Waals surface area contributed by atoms with Crippen molar-refractivity contribution in [2.24, 2.45) is 0 Å². The highest BCUT2D eigenvalue weighted by molar-refractivity contribution is 7.81. The monoisotopic (exact) mass is 352 g/mol. The molecule has 0 atom stereocenters. The predicted octanol–water partition coefficient (Wildman–Crippen LogP) is 5.11. The van der Waals surface area contributed by atoms with Crippen LogP contribution >= 0.6 is 12.8 Å². The minimum absolute atomic E-state index is 0.291. The lowest BCUT2D eigenvalue weighted by Gasteiger charge is -2.37. The number of rotatable bonds is 2. The minimum Gasteiger partial charge on any atom is -0.481 e. The largest absolute Gasteiger partial charge is 0.481 e. The molecule has 1 spiro atoms. The first kappa shape index (κ1) is 16.0. The second-order valence-electron chi connectivity index (χ2n) is 6.49. The first-order chi connectivity index (χ1) is 12.2. The number of hydrogen-bond donors (Lipinski definition) is 2. The van der Waals surface area contributed by atoms with Crippen molar-refractivity contribution < 1.29 is 9.13 Å². The van der Waals surface area contributed by atoms with Crippen LogP contribution in [0.5, 0.6) is 5.75 Å². The van der Waals surface area contributed by atoms with E-state index < -0.39 is 5.60 Å². The van der Waals surface area contributed by atoms with Gasteiger partial charge in [0.2, 0.25) is 0 Å². The van der Waals surface area contributed by atoms with E-state index in [-0.39, 0.29) is 5.82 Å². The molecule has 1 saturated carbocycles. The lowest BCUT2D eigenvalue weighted by molar-refractivity contribution is 0.116. The van der Waals surface area contributed by atoms with Gasteiger partial charge in [0.15, 0.2) is 0 Å². The standard InChI is InChI=1S/C20H17FN2OS/c21-14-5-3-13(4-6-14)19-16-8-7-15(23-25)11-18(16)24-20(17(19)12-22)9-1-2-10-20/h3-8,11,23,25H,1-2,9-10H2. The van der Waals surface area contributed by atoms with Gasteiger partial charge in [-0.25, -0.2) is 4.39 Å². The summed E-state index contributed by atoms with van der Waals surface area (Å²) in [5.41, 5.74) is 3.43. The quantitative estimate of drug-likeness (QED) is 0.738. The zero-order chi connectivity index (χ0) is 17.4. The number of thiol groups is 1. The van der Waals surface area contributed by atoms with Crippen LogP contribution in [0.3, 0.4) is 0 Å². The third kappa shape index (κ3) is 2.58. The molecule has 2 aliphatic rings. The molecule has 1 aliphatic heterocycles. The van der Waals surface area contributed by atoms with E-state index in [1.807, 2.05) is 18.2 Å². The third-order valence-electron chi connectivity index (χ3n) is 5.05. The molecule has 0 radical (unpaired) electrons. The normalized spacial score (nSPS) is 17.8. The summed E-state index contributed by atoms with van der Waals surface area (Å²) in [6.45, 7) is 0. The molecule has 0 bridgehead atoms. The summed E-state index contributed by atoms with van der Waals surface area (Å²) in [5, 5.41) is 9.94. The number of nitriles is 1. The van der Waals surface area contributed by atoms with E-state index in [4.69, 9.17) is 4.74 Å². The lowest BCUT2D eigenvalue weighted by atomic mass is 9.80. The van der Waals surface area contributed by atoms with Gasteiger partial charge in [-0.15, -0.1) is 0 Å². The van der Waals surface area contributed by atoms with Gasteiger partial charge in [0.25, 0.3) is 0 Å². The third-order valence-corrected chi connectivity index (χ3v) is 5.31. The Kier molecular flexibility index (Phi) is 3.93. The summed E-state index contributed by atoms with van der Waals surface area (Å²) in [5.74, 6) is 0.444. The van der Waals surface area contributed by atoms with E-state index in [1.54, 1.807) is 12.1 Å². The summed E-state index contributed by atoms with van der Waals surface area (Å²) >= 11 is 4.11. The van der Waals surface area contributed by atoms with Gasteiger partial charge < -0.3 is 9.46 Å². The molecule has 1 N–H and O–H groups in total.